The minimum Gasteiger partial charge on any atom is -0.475 e. The number of hydrazone groups is 1. The summed E-state index contributed by atoms with van der Waals surface area (Å²) in [5.74, 6) is 0.775. The smallest absolute Gasteiger partial charge is 0.203 e. The zero-order valence-electron chi connectivity index (χ0n) is 7.66. The highest BCUT2D eigenvalue weighted by Gasteiger charge is 2.18. The van der Waals surface area contributed by atoms with E-state index in [4.69, 9.17) is 4.74 Å². The van der Waals surface area contributed by atoms with Crippen LogP contribution in [0.15, 0.2) is 5.10 Å². The van der Waals surface area contributed by atoms with E-state index in [9.17, 15) is 0 Å². The Bertz CT molecular complexity index is 165. The molecule has 0 bridgehead atoms. The van der Waals surface area contributed by atoms with Gasteiger partial charge in [0.25, 0.3) is 0 Å². The summed E-state index contributed by atoms with van der Waals surface area (Å²) in [4.78, 5) is 0. The molecule has 0 aromatic carbocycles. The lowest BCUT2D eigenvalue weighted by Crippen LogP contribution is -2.39. The molecule has 0 aromatic rings. The average Bonchev–Trinajstić information content (AvgIpc) is 1.85. The Morgan fingerprint density at radius 2 is 2.27 bits per heavy atom. The molecule has 1 heterocycles. The lowest BCUT2D eigenvalue weighted by molar-refractivity contribution is 0.0822. The lowest BCUT2D eigenvalue weighted by atomic mass is 10.3. The van der Waals surface area contributed by atoms with Gasteiger partial charge in [0.1, 0.15) is 6.10 Å². The zero-order chi connectivity index (χ0) is 8.43. The summed E-state index contributed by atoms with van der Waals surface area (Å²) in [5, 5.41) is 6.32. The van der Waals surface area contributed by atoms with Crippen LogP contribution in [-0.2, 0) is 4.74 Å². The molecule has 1 unspecified atom stereocenters. The third kappa shape index (κ3) is 2.10. The van der Waals surface area contributed by atoms with Gasteiger partial charge in [-0.1, -0.05) is 0 Å². The second-order valence-electron chi connectivity index (χ2n) is 3.26. The molecule has 0 amide bonds. The van der Waals surface area contributed by atoms with Gasteiger partial charge >= 0.3 is 0 Å². The molecule has 0 saturated carbocycles. The minimum atomic E-state index is 0.273. The van der Waals surface area contributed by atoms with E-state index in [0.717, 1.165) is 12.4 Å². The average molecular weight is 156 g/mol. The molecule has 1 rings (SSSR count). The van der Waals surface area contributed by atoms with Crippen LogP contribution in [0.3, 0.4) is 0 Å². The van der Waals surface area contributed by atoms with E-state index in [1.54, 1.807) is 0 Å². The van der Waals surface area contributed by atoms with E-state index in [1.165, 1.54) is 0 Å². The summed E-state index contributed by atoms with van der Waals surface area (Å²) in [6, 6.07) is 0.469. The molecule has 0 aliphatic carbocycles. The van der Waals surface area contributed by atoms with Gasteiger partial charge in [-0.05, 0) is 20.8 Å². The summed E-state index contributed by atoms with van der Waals surface area (Å²) < 4.78 is 5.37. The van der Waals surface area contributed by atoms with Gasteiger partial charge in [-0.2, -0.15) is 0 Å². The van der Waals surface area contributed by atoms with Crippen molar-refractivity contribution in [1.82, 2.24) is 5.01 Å². The van der Waals surface area contributed by atoms with Crippen LogP contribution in [0.25, 0.3) is 0 Å². The molecule has 0 N–H and O–H groups in total. The van der Waals surface area contributed by atoms with E-state index in [1.807, 2.05) is 6.92 Å². The van der Waals surface area contributed by atoms with Crippen molar-refractivity contribution in [3.63, 3.8) is 0 Å². The fourth-order valence-corrected chi connectivity index (χ4v) is 1.16. The summed E-state index contributed by atoms with van der Waals surface area (Å²) in [6.45, 7) is 9.12. The van der Waals surface area contributed by atoms with E-state index in [2.05, 4.69) is 30.9 Å². The van der Waals surface area contributed by atoms with Crippen molar-refractivity contribution in [3.8, 4) is 0 Å². The first kappa shape index (κ1) is 8.37. The van der Waals surface area contributed by atoms with Crippen molar-refractivity contribution in [1.29, 1.82) is 0 Å². The quantitative estimate of drug-likeness (QED) is 0.574. The second-order valence-corrected chi connectivity index (χ2v) is 3.26. The SMILES string of the molecule is CC1=NN(C(C)C)CC(C)O1. The molecule has 11 heavy (non-hydrogen) atoms. The van der Waals surface area contributed by atoms with E-state index < -0.39 is 0 Å². The Labute approximate surface area is 68.0 Å². The van der Waals surface area contributed by atoms with Crippen LogP contribution >= 0.6 is 0 Å². The first-order valence-corrected chi connectivity index (χ1v) is 4.08. The van der Waals surface area contributed by atoms with Gasteiger partial charge in [0.2, 0.25) is 5.90 Å². The third-order valence-electron chi connectivity index (χ3n) is 1.68. The molecule has 3 heteroatoms. The van der Waals surface area contributed by atoms with Crippen LogP contribution in [0.4, 0.5) is 0 Å². The Hall–Kier alpha value is -0.730. The van der Waals surface area contributed by atoms with E-state index in [-0.39, 0.29) is 6.10 Å². The van der Waals surface area contributed by atoms with E-state index in [0.29, 0.717) is 6.04 Å². The van der Waals surface area contributed by atoms with Crippen LogP contribution in [-0.4, -0.2) is 29.6 Å². The first-order valence-electron chi connectivity index (χ1n) is 4.08. The molecule has 1 atom stereocenters. The van der Waals surface area contributed by atoms with Crippen molar-refractivity contribution in [3.05, 3.63) is 0 Å². The maximum atomic E-state index is 5.37. The van der Waals surface area contributed by atoms with Crippen molar-refractivity contribution in [2.24, 2.45) is 5.10 Å². The molecular weight excluding hydrogens is 140 g/mol. The monoisotopic (exact) mass is 156 g/mol. The fourth-order valence-electron chi connectivity index (χ4n) is 1.16. The second kappa shape index (κ2) is 3.11. The van der Waals surface area contributed by atoms with Crippen molar-refractivity contribution in [2.45, 2.75) is 39.8 Å². The number of nitrogens with zero attached hydrogens (tertiary/aromatic N) is 2. The minimum absolute atomic E-state index is 0.273. The largest absolute Gasteiger partial charge is 0.475 e. The van der Waals surface area contributed by atoms with Crippen molar-refractivity contribution >= 4 is 5.90 Å². The van der Waals surface area contributed by atoms with Gasteiger partial charge in [-0.25, -0.2) is 0 Å². The predicted octanol–water partition coefficient (Wildman–Crippen LogP) is 1.45. The maximum Gasteiger partial charge on any atom is 0.203 e. The van der Waals surface area contributed by atoms with Crippen molar-refractivity contribution < 1.29 is 4.74 Å². The Morgan fingerprint density at radius 1 is 1.64 bits per heavy atom. The molecule has 64 valence electrons. The van der Waals surface area contributed by atoms with Crippen LogP contribution in [0.2, 0.25) is 0 Å². The Balaban J connectivity index is 2.61. The first-order chi connectivity index (χ1) is 5.09. The van der Waals surface area contributed by atoms with Gasteiger partial charge in [-0.15, -0.1) is 5.10 Å². The summed E-state index contributed by atoms with van der Waals surface area (Å²) in [7, 11) is 0. The van der Waals surface area contributed by atoms with Crippen molar-refractivity contribution in [2.75, 3.05) is 6.54 Å². The number of ether oxygens (including phenoxy) is 1. The van der Waals surface area contributed by atoms with Gasteiger partial charge in [0.15, 0.2) is 0 Å². The maximum absolute atomic E-state index is 5.37. The normalized spacial score (nSPS) is 25.0. The van der Waals surface area contributed by atoms with Crippen LogP contribution in [0, 0.1) is 0 Å². The fraction of sp³-hybridized carbons (Fsp3) is 0.875. The molecule has 1 aliphatic rings. The summed E-state index contributed by atoms with van der Waals surface area (Å²) in [6.07, 6.45) is 0.273. The lowest BCUT2D eigenvalue weighted by Gasteiger charge is -2.31. The van der Waals surface area contributed by atoms with E-state index >= 15 is 0 Å². The molecule has 0 spiro atoms. The summed E-state index contributed by atoms with van der Waals surface area (Å²) >= 11 is 0. The molecule has 0 aromatic heterocycles. The zero-order valence-corrected chi connectivity index (χ0v) is 7.66. The highest BCUT2D eigenvalue weighted by Crippen LogP contribution is 2.09. The molecule has 0 fully saturated rings. The number of hydrogen-bond donors (Lipinski definition) is 0. The number of hydrogen-bond acceptors (Lipinski definition) is 3. The van der Waals surface area contributed by atoms with Gasteiger partial charge < -0.3 is 4.74 Å². The topological polar surface area (TPSA) is 24.8 Å². The Morgan fingerprint density at radius 3 is 2.73 bits per heavy atom. The van der Waals surface area contributed by atoms with Gasteiger partial charge in [0, 0.05) is 13.0 Å². The highest BCUT2D eigenvalue weighted by molar-refractivity contribution is 5.73. The van der Waals surface area contributed by atoms with Gasteiger partial charge in [0.05, 0.1) is 6.54 Å². The molecule has 0 radical (unpaired) electrons. The predicted molar refractivity (Wildman–Crippen MR) is 45.5 cm³/mol. The van der Waals surface area contributed by atoms with Crippen LogP contribution < -0.4 is 0 Å². The molecule has 0 saturated heterocycles. The molecule has 3 nitrogen and oxygen atoms in total. The molecular formula is C8H16N2O. The molecule has 1 aliphatic heterocycles. The Kier molecular flexibility index (Phi) is 2.37. The summed E-state index contributed by atoms with van der Waals surface area (Å²) in [5.41, 5.74) is 0. The highest BCUT2D eigenvalue weighted by atomic mass is 16.5. The van der Waals surface area contributed by atoms with Crippen LogP contribution in [0.5, 0.6) is 0 Å². The van der Waals surface area contributed by atoms with Gasteiger partial charge in [-0.3, -0.25) is 5.01 Å². The third-order valence-corrected chi connectivity index (χ3v) is 1.68. The van der Waals surface area contributed by atoms with Crippen LogP contribution in [0.1, 0.15) is 27.7 Å². The standard InChI is InChI=1S/C8H16N2O/c1-6(2)10-5-7(3)11-8(4)9-10/h6-7H,5H2,1-4H3. The number of rotatable bonds is 1.